The SMILES string of the molecule is Cc1ccc(COCC(=O)CC#N)cc1C(F)(F)F. The topological polar surface area (TPSA) is 50.1 Å². The molecule has 0 radical (unpaired) electrons. The molecule has 0 spiro atoms. The number of nitrogens with zero attached hydrogens (tertiary/aromatic N) is 1. The van der Waals surface area contributed by atoms with Crippen LogP contribution >= 0.6 is 0 Å². The number of carbonyl (C=O) groups is 1. The van der Waals surface area contributed by atoms with E-state index in [1.165, 1.54) is 19.1 Å². The molecule has 19 heavy (non-hydrogen) atoms. The lowest BCUT2D eigenvalue weighted by Crippen LogP contribution is -2.10. The Labute approximate surface area is 108 Å². The molecule has 0 saturated carbocycles. The summed E-state index contributed by atoms with van der Waals surface area (Å²) in [6.07, 6.45) is -4.67. The minimum atomic E-state index is -4.41. The lowest BCUT2D eigenvalue weighted by Gasteiger charge is -2.12. The largest absolute Gasteiger partial charge is 0.416 e. The van der Waals surface area contributed by atoms with Crippen molar-refractivity contribution in [1.29, 1.82) is 5.26 Å². The molecule has 0 heterocycles. The molecule has 0 aliphatic heterocycles. The Kier molecular flexibility index (Phi) is 5.07. The molecule has 6 heteroatoms. The number of hydrogen-bond acceptors (Lipinski definition) is 3. The van der Waals surface area contributed by atoms with Crippen molar-refractivity contribution < 1.29 is 22.7 Å². The van der Waals surface area contributed by atoms with Gasteiger partial charge in [0.1, 0.15) is 6.61 Å². The van der Waals surface area contributed by atoms with Crippen LogP contribution in [0.3, 0.4) is 0 Å². The van der Waals surface area contributed by atoms with Crippen molar-refractivity contribution in [3.05, 3.63) is 34.9 Å². The summed E-state index contributed by atoms with van der Waals surface area (Å²) in [4.78, 5) is 11.0. The first-order valence-corrected chi connectivity index (χ1v) is 5.47. The number of nitriles is 1. The third kappa shape index (κ3) is 4.72. The maximum Gasteiger partial charge on any atom is 0.416 e. The fraction of sp³-hybridized carbons (Fsp3) is 0.385. The van der Waals surface area contributed by atoms with Crippen LogP contribution in [-0.2, 0) is 22.3 Å². The van der Waals surface area contributed by atoms with Crippen molar-refractivity contribution in [1.82, 2.24) is 0 Å². The predicted octanol–water partition coefficient (Wildman–Crippen LogP) is 3.01. The summed E-state index contributed by atoms with van der Waals surface area (Å²) in [5.74, 6) is -0.398. The van der Waals surface area contributed by atoms with E-state index in [0.717, 1.165) is 6.07 Å². The van der Waals surface area contributed by atoms with Crippen LogP contribution in [0.25, 0.3) is 0 Å². The molecule has 0 aliphatic rings. The van der Waals surface area contributed by atoms with Crippen molar-refractivity contribution in [2.45, 2.75) is 26.1 Å². The summed E-state index contributed by atoms with van der Waals surface area (Å²) in [5, 5.41) is 8.26. The molecule has 0 fully saturated rings. The number of carbonyl (C=O) groups excluding carboxylic acids is 1. The molecule has 0 aliphatic carbocycles. The number of benzene rings is 1. The second kappa shape index (κ2) is 6.34. The van der Waals surface area contributed by atoms with Crippen LogP contribution in [0.2, 0.25) is 0 Å². The number of halogens is 3. The fourth-order valence-electron chi connectivity index (χ4n) is 1.49. The highest BCUT2D eigenvalue weighted by molar-refractivity contribution is 5.81. The standard InChI is InChI=1S/C13H12F3NO2/c1-9-2-3-10(6-12(9)13(14,15)16)7-19-8-11(18)4-5-17/h2-3,6H,4,7-8H2,1H3. The molecule has 0 unspecified atom stereocenters. The maximum atomic E-state index is 12.6. The first kappa shape index (κ1) is 15.2. The highest BCUT2D eigenvalue weighted by atomic mass is 19.4. The molecular formula is C13H12F3NO2. The van der Waals surface area contributed by atoms with E-state index in [0.29, 0.717) is 5.56 Å². The summed E-state index contributed by atoms with van der Waals surface area (Å²) in [6, 6.07) is 5.55. The zero-order chi connectivity index (χ0) is 14.5. The first-order valence-electron chi connectivity index (χ1n) is 5.47. The summed E-state index contributed by atoms with van der Waals surface area (Å²) >= 11 is 0. The minimum absolute atomic E-state index is 0.0967. The Morgan fingerprint density at radius 3 is 2.68 bits per heavy atom. The van der Waals surface area contributed by atoms with E-state index < -0.39 is 17.5 Å². The predicted molar refractivity (Wildman–Crippen MR) is 61.1 cm³/mol. The molecule has 3 nitrogen and oxygen atoms in total. The zero-order valence-electron chi connectivity index (χ0n) is 10.3. The molecule has 0 N–H and O–H groups in total. The molecular weight excluding hydrogens is 259 g/mol. The van der Waals surface area contributed by atoms with E-state index in [9.17, 15) is 18.0 Å². The molecule has 0 saturated heterocycles. The van der Waals surface area contributed by atoms with Crippen LogP contribution in [0.5, 0.6) is 0 Å². The monoisotopic (exact) mass is 271 g/mol. The van der Waals surface area contributed by atoms with Crippen molar-refractivity contribution in [2.24, 2.45) is 0 Å². The number of ketones is 1. The number of alkyl halides is 3. The van der Waals surface area contributed by atoms with Crippen molar-refractivity contribution in [2.75, 3.05) is 6.61 Å². The number of hydrogen-bond donors (Lipinski definition) is 0. The number of aryl methyl sites for hydroxylation is 1. The van der Waals surface area contributed by atoms with Crippen molar-refractivity contribution in [3.63, 3.8) is 0 Å². The van der Waals surface area contributed by atoms with Gasteiger partial charge in [-0.25, -0.2) is 0 Å². The number of ether oxygens (including phenoxy) is 1. The van der Waals surface area contributed by atoms with Gasteiger partial charge in [0, 0.05) is 0 Å². The van der Waals surface area contributed by atoms with Gasteiger partial charge in [-0.15, -0.1) is 0 Å². The average molecular weight is 271 g/mol. The van der Waals surface area contributed by atoms with E-state index in [1.54, 1.807) is 6.07 Å². The number of Topliss-reactive ketones (excluding diaryl/α,β-unsaturated/α-hetero) is 1. The van der Waals surface area contributed by atoms with Crippen molar-refractivity contribution >= 4 is 5.78 Å². The van der Waals surface area contributed by atoms with Crippen LogP contribution in [-0.4, -0.2) is 12.4 Å². The highest BCUT2D eigenvalue weighted by Crippen LogP contribution is 2.32. The number of rotatable bonds is 5. The Morgan fingerprint density at radius 2 is 2.11 bits per heavy atom. The third-order valence-electron chi connectivity index (χ3n) is 2.42. The van der Waals surface area contributed by atoms with Gasteiger partial charge in [0.25, 0.3) is 0 Å². The third-order valence-corrected chi connectivity index (χ3v) is 2.42. The fourth-order valence-corrected chi connectivity index (χ4v) is 1.49. The van der Waals surface area contributed by atoms with Gasteiger partial charge >= 0.3 is 6.18 Å². The molecule has 0 atom stereocenters. The van der Waals surface area contributed by atoms with E-state index >= 15 is 0 Å². The lowest BCUT2D eigenvalue weighted by atomic mass is 10.1. The van der Waals surface area contributed by atoms with Gasteiger partial charge in [-0.2, -0.15) is 18.4 Å². The Morgan fingerprint density at radius 1 is 1.42 bits per heavy atom. The van der Waals surface area contributed by atoms with Crippen LogP contribution in [0.1, 0.15) is 23.1 Å². The lowest BCUT2D eigenvalue weighted by molar-refractivity contribution is -0.138. The molecule has 0 aromatic heterocycles. The van der Waals surface area contributed by atoms with Gasteiger partial charge < -0.3 is 4.74 Å². The molecule has 1 aromatic carbocycles. The second-order valence-electron chi connectivity index (χ2n) is 4.01. The highest BCUT2D eigenvalue weighted by Gasteiger charge is 2.32. The molecule has 0 amide bonds. The Balaban J connectivity index is 2.66. The van der Waals surface area contributed by atoms with E-state index in [-0.39, 0.29) is 25.2 Å². The minimum Gasteiger partial charge on any atom is -0.369 e. The maximum absolute atomic E-state index is 12.6. The Hall–Kier alpha value is -1.87. The van der Waals surface area contributed by atoms with Crippen LogP contribution in [0.15, 0.2) is 18.2 Å². The molecule has 102 valence electrons. The zero-order valence-corrected chi connectivity index (χ0v) is 10.3. The molecule has 1 rings (SSSR count). The van der Waals surface area contributed by atoms with E-state index in [4.69, 9.17) is 10.00 Å². The summed E-state index contributed by atoms with van der Waals surface area (Å²) in [6.45, 7) is 1.01. The van der Waals surface area contributed by atoms with Crippen LogP contribution < -0.4 is 0 Å². The van der Waals surface area contributed by atoms with Gasteiger partial charge in [-0.1, -0.05) is 12.1 Å². The van der Waals surface area contributed by atoms with Gasteiger partial charge in [0.05, 0.1) is 24.7 Å². The summed E-state index contributed by atoms with van der Waals surface area (Å²) in [5.41, 5.74) is -0.239. The average Bonchev–Trinajstić information content (AvgIpc) is 2.30. The quantitative estimate of drug-likeness (QED) is 0.827. The molecule has 0 bridgehead atoms. The first-order chi connectivity index (χ1) is 8.84. The van der Waals surface area contributed by atoms with Crippen molar-refractivity contribution in [3.8, 4) is 6.07 Å². The van der Waals surface area contributed by atoms with E-state index in [2.05, 4.69) is 0 Å². The van der Waals surface area contributed by atoms with Crippen LogP contribution in [0.4, 0.5) is 13.2 Å². The molecule has 1 aromatic rings. The van der Waals surface area contributed by atoms with Gasteiger partial charge in [-0.3, -0.25) is 4.79 Å². The van der Waals surface area contributed by atoms with Gasteiger partial charge in [0.15, 0.2) is 5.78 Å². The van der Waals surface area contributed by atoms with Gasteiger partial charge in [0.2, 0.25) is 0 Å². The normalized spacial score (nSPS) is 11.1. The summed E-state index contributed by atoms with van der Waals surface area (Å²) in [7, 11) is 0. The van der Waals surface area contributed by atoms with Gasteiger partial charge in [-0.05, 0) is 24.1 Å². The van der Waals surface area contributed by atoms with Crippen LogP contribution in [0, 0.1) is 18.3 Å². The second-order valence-corrected chi connectivity index (χ2v) is 4.01. The summed E-state index contributed by atoms with van der Waals surface area (Å²) < 4.78 is 42.9. The smallest absolute Gasteiger partial charge is 0.369 e. The Bertz CT molecular complexity index is 504. The van der Waals surface area contributed by atoms with E-state index in [1.807, 2.05) is 0 Å².